The lowest BCUT2D eigenvalue weighted by Gasteiger charge is -2.19. The smallest absolute Gasteiger partial charge is 0.244 e. The van der Waals surface area contributed by atoms with Gasteiger partial charge in [-0.15, -0.1) is 0 Å². The minimum absolute atomic E-state index is 0.0424. The van der Waals surface area contributed by atoms with Crippen LogP contribution >= 0.6 is 11.6 Å². The number of nitrogens with one attached hydrogen (secondary N) is 2. The van der Waals surface area contributed by atoms with Gasteiger partial charge in [-0.05, 0) is 31.5 Å². The summed E-state index contributed by atoms with van der Waals surface area (Å²) in [4.78, 5) is 24.9. The van der Waals surface area contributed by atoms with Gasteiger partial charge in [0.25, 0.3) is 0 Å². The lowest BCUT2D eigenvalue weighted by atomic mass is 10.1. The molecule has 0 aliphatic heterocycles. The molecule has 0 fully saturated rings. The van der Waals surface area contributed by atoms with Crippen LogP contribution in [0.15, 0.2) is 18.2 Å². The normalized spacial score (nSPS) is 13.4. The molecule has 1 aromatic carbocycles. The van der Waals surface area contributed by atoms with Gasteiger partial charge in [0.15, 0.2) is 0 Å². The van der Waals surface area contributed by atoms with Crippen molar-refractivity contribution >= 4 is 23.4 Å². The van der Waals surface area contributed by atoms with E-state index in [1.165, 1.54) is 17.0 Å². The van der Waals surface area contributed by atoms with Crippen molar-refractivity contribution in [3.8, 4) is 0 Å². The summed E-state index contributed by atoms with van der Waals surface area (Å²) in [6, 6.07) is 3.65. The summed E-state index contributed by atoms with van der Waals surface area (Å²) in [6.45, 7) is 3.51. The summed E-state index contributed by atoms with van der Waals surface area (Å²) < 4.78 is 13.1. The van der Waals surface area contributed by atoms with Crippen LogP contribution in [0.1, 0.15) is 25.5 Å². The number of likely N-dealkylation sites (N-methyl/N-ethyl adjacent to an activating group) is 1. The topological polar surface area (TPSA) is 61.4 Å². The van der Waals surface area contributed by atoms with Crippen LogP contribution in [0.4, 0.5) is 4.39 Å². The van der Waals surface area contributed by atoms with Gasteiger partial charge in [0.05, 0.1) is 11.6 Å². The molecule has 1 aromatic rings. The standard InChI is InChI=1S/C15H21ClFN3O2/c1-9(11-5-6-13(17)12(16)7-11)18-8-14(21)19-10(2)15(22)20(3)4/h5-7,9-10,18H,8H2,1-4H3,(H,19,21)/t9-,10+/m1/s1. The molecular formula is C15H21ClFN3O2. The van der Waals surface area contributed by atoms with Gasteiger partial charge in [0, 0.05) is 20.1 Å². The monoisotopic (exact) mass is 329 g/mol. The quantitative estimate of drug-likeness (QED) is 0.835. The molecule has 22 heavy (non-hydrogen) atoms. The van der Waals surface area contributed by atoms with E-state index in [0.717, 1.165) is 5.56 Å². The maximum absolute atomic E-state index is 13.1. The van der Waals surface area contributed by atoms with Gasteiger partial charge >= 0.3 is 0 Å². The van der Waals surface area contributed by atoms with E-state index in [9.17, 15) is 14.0 Å². The summed E-state index contributed by atoms with van der Waals surface area (Å²) >= 11 is 5.73. The van der Waals surface area contributed by atoms with E-state index in [1.54, 1.807) is 27.1 Å². The highest BCUT2D eigenvalue weighted by molar-refractivity contribution is 6.30. The Morgan fingerprint density at radius 3 is 2.50 bits per heavy atom. The van der Waals surface area contributed by atoms with E-state index < -0.39 is 11.9 Å². The Kier molecular flexibility index (Phi) is 6.77. The van der Waals surface area contributed by atoms with E-state index in [2.05, 4.69) is 10.6 Å². The predicted octanol–water partition coefficient (Wildman–Crippen LogP) is 1.72. The van der Waals surface area contributed by atoms with Gasteiger partial charge in [-0.3, -0.25) is 9.59 Å². The molecule has 2 amide bonds. The molecule has 2 N–H and O–H groups in total. The zero-order chi connectivity index (χ0) is 16.9. The minimum atomic E-state index is -0.583. The molecule has 7 heteroatoms. The van der Waals surface area contributed by atoms with Gasteiger partial charge in [-0.1, -0.05) is 17.7 Å². The summed E-state index contributed by atoms with van der Waals surface area (Å²) in [5, 5.41) is 5.65. The van der Waals surface area contributed by atoms with E-state index in [-0.39, 0.29) is 29.4 Å². The van der Waals surface area contributed by atoms with E-state index in [1.807, 2.05) is 6.92 Å². The van der Waals surface area contributed by atoms with Crippen molar-refractivity contribution in [3.05, 3.63) is 34.6 Å². The molecule has 0 spiro atoms. The second-order valence-electron chi connectivity index (χ2n) is 5.30. The Morgan fingerprint density at radius 1 is 1.32 bits per heavy atom. The second-order valence-corrected chi connectivity index (χ2v) is 5.71. The van der Waals surface area contributed by atoms with E-state index >= 15 is 0 Å². The fourth-order valence-electron chi connectivity index (χ4n) is 1.89. The number of hydrogen-bond acceptors (Lipinski definition) is 3. The van der Waals surface area contributed by atoms with Crippen molar-refractivity contribution in [2.75, 3.05) is 20.6 Å². The molecule has 0 saturated heterocycles. The minimum Gasteiger partial charge on any atom is -0.347 e. The first-order chi connectivity index (χ1) is 10.2. The Bertz CT molecular complexity index is 552. The van der Waals surface area contributed by atoms with Crippen molar-refractivity contribution in [2.24, 2.45) is 0 Å². The van der Waals surface area contributed by atoms with Crippen LogP contribution in [-0.4, -0.2) is 43.4 Å². The lowest BCUT2D eigenvalue weighted by molar-refractivity contribution is -0.133. The average Bonchev–Trinajstić information content (AvgIpc) is 2.46. The predicted molar refractivity (Wildman–Crippen MR) is 84.1 cm³/mol. The molecule has 0 bridgehead atoms. The maximum atomic E-state index is 13.1. The first-order valence-electron chi connectivity index (χ1n) is 6.91. The van der Waals surface area contributed by atoms with Crippen LogP contribution in [0.25, 0.3) is 0 Å². The van der Waals surface area contributed by atoms with E-state index in [4.69, 9.17) is 11.6 Å². The Morgan fingerprint density at radius 2 is 1.95 bits per heavy atom. The Labute approximate surface area is 134 Å². The molecule has 0 heterocycles. The number of carbonyl (C=O) groups excluding carboxylic acids is 2. The van der Waals surface area contributed by atoms with Crippen molar-refractivity contribution in [3.63, 3.8) is 0 Å². The molecule has 0 radical (unpaired) electrons. The van der Waals surface area contributed by atoms with Gasteiger partial charge < -0.3 is 15.5 Å². The number of halogens is 2. The largest absolute Gasteiger partial charge is 0.347 e. The molecule has 0 aromatic heterocycles. The molecule has 0 saturated carbocycles. The molecule has 0 unspecified atom stereocenters. The van der Waals surface area contributed by atoms with Gasteiger partial charge in [-0.25, -0.2) is 4.39 Å². The van der Waals surface area contributed by atoms with Crippen molar-refractivity contribution in [1.29, 1.82) is 0 Å². The fourth-order valence-corrected chi connectivity index (χ4v) is 2.08. The fraction of sp³-hybridized carbons (Fsp3) is 0.467. The van der Waals surface area contributed by atoms with Crippen LogP contribution in [0, 0.1) is 5.82 Å². The van der Waals surface area contributed by atoms with Crippen LogP contribution < -0.4 is 10.6 Å². The summed E-state index contributed by atoms with van der Waals surface area (Å²) in [6.07, 6.45) is 0. The molecule has 1 rings (SSSR count). The summed E-state index contributed by atoms with van der Waals surface area (Å²) in [5.41, 5.74) is 0.775. The zero-order valence-electron chi connectivity index (χ0n) is 13.1. The average molecular weight is 330 g/mol. The highest BCUT2D eigenvalue weighted by atomic mass is 35.5. The highest BCUT2D eigenvalue weighted by Crippen LogP contribution is 2.20. The molecule has 2 atom stereocenters. The van der Waals surface area contributed by atoms with E-state index in [0.29, 0.717) is 0 Å². The molecule has 0 aliphatic carbocycles. The van der Waals surface area contributed by atoms with Gasteiger partial charge in [0.2, 0.25) is 11.8 Å². The van der Waals surface area contributed by atoms with Gasteiger partial charge in [-0.2, -0.15) is 0 Å². The van der Waals surface area contributed by atoms with Crippen molar-refractivity contribution in [2.45, 2.75) is 25.9 Å². The summed E-state index contributed by atoms with van der Waals surface area (Å²) in [5.74, 6) is -0.944. The van der Waals surface area contributed by atoms with Crippen LogP contribution in [0.5, 0.6) is 0 Å². The third kappa shape index (κ3) is 5.27. The molecule has 122 valence electrons. The van der Waals surface area contributed by atoms with Crippen molar-refractivity contribution < 1.29 is 14.0 Å². The third-order valence-corrected chi connectivity index (χ3v) is 3.49. The number of hydrogen-bond donors (Lipinski definition) is 2. The maximum Gasteiger partial charge on any atom is 0.244 e. The Balaban J connectivity index is 2.49. The highest BCUT2D eigenvalue weighted by Gasteiger charge is 2.17. The molecule has 0 aliphatic rings. The zero-order valence-corrected chi connectivity index (χ0v) is 13.9. The Hall–Kier alpha value is -1.66. The third-order valence-electron chi connectivity index (χ3n) is 3.20. The number of benzene rings is 1. The first kappa shape index (κ1) is 18.4. The number of amides is 2. The number of rotatable bonds is 6. The number of carbonyl (C=O) groups is 2. The van der Waals surface area contributed by atoms with Crippen LogP contribution in [0.2, 0.25) is 5.02 Å². The first-order valence-corrected chi connectivity index (χ1v) is 7.29. The SMILES string of the molecule is C[C@H](NC(=O)CN[C@H](C)c1ccc(F)c(Cl)c1)C(=O)N(C)C. The molecule has 5 nitrogen and oxygen atoms in total. The van der Waals surface area contributed by atoms with Crippen LogP contribution in [0.3, 0.4) is 0 Å². The molecular weight excluding hydrogens is 309 g/mol. The van der Waals surface area contributed by atoms with Gasteiger partial charge in [0.1, 0.15) is 11.9 Å². The lowest BCUT2D eigenvalue weighted by Crippen LogP contribution is -2.47. The second kappa shape index (κ2) is 8.10. The summed E-state index contributed by atoms with van der Waals surface area (Å²) in [7, 11) is 3.26. The van der Waals surface area contributed by atoms with Crippen molar-refractivity contribution in [1.82, 2.24) is 15.5 Å². The number of nitrogens with zero attached hydrogens (tertiary/aromatic N) is 1. The van der Waals surface area contributed by atoms with Crippen LogP contribution in [-0.2, 0) is 9.59 Å².